The Balaban J connectivity index is 2.30. The zero-order chi connectivity index (χ0) is 13.1. The number of rotatable bonds is 3. The van der Waals surface area contributed by atoms with Gasteiger partial charge < -0.3 is 10.5 Å². The second kappa shape index (κ2) is 5.65. The van der Waals surface area contributed by atoms with E-state index in [-0.39, 0.29) is 6.01 Å². The van der Waals surface area contributed by atoms with Gasteiger partial charge in [0.25, 0.3) is 0 Å². The molecule has 0 aliphatic rings. The van der Waals surface area contributed by atoms with Crippen molar-refractivity contribution in [3.05, 3.63) is 45.1 Å². The Kier molecular flexibility index (Phi) is 4.16. The van der Waals surface area contributed by atoms with Crippen molar-refractivity contribution in [2.24, 2.45) is 5.73 Å². The molecule has 18 heavy (non-hydrogen) atoms. The number of hydrogen-bond donors (Lipinski definition) is 1. The monoisotopic (exact) mass is 327 g/mol. The second-order valence-electron chi connectivity index (χ2n) is 3.66. The third-order valence-electron chi connectivity index (χ3n) is 2.19. The summed E-state index contributed by atoms with van der Waals surface area (Å²) in [5, 5.41) is 0.627. The summed E-state index contributed by atoms with van der Waals surface area (Å²) in [6, 6.07) is 7.33. The van der Waals surface area contributed by atoms with Crippen LogP contribution in [0.1, 0.15) is 11.4 Å². The van der Waals surface area contributed by atoms with Gasteiger partial charge in [0.15, 0.2) is 0 Å². The van der Waals surface area contributed by atoms with E-state index in [1.54, 1.807) is 18.2 Å². The smallest absolute Gasteiger partial charge is 0.322 e. The van der Waals surface area contributed by atoms with Crippen LogP contribution in [0.4, 0.5) is 0 Å². The van der Waals surface area contributed by atoms with E-state index in [0.29, 0.717) is 17.3 Å². The standard InChI is InChI=1S/C12H11BrClN3O/c1-7-4-9(6-15)17-12(16-7)18-11-3-2-8(14)5-10(11)13/h2-5H,6,15H2,1H3. The summed E-state index contributed by atoms with van der Waals surface area (Å²) >= 11 is 9.23. The van der Waals surface area contributed by atoms with Gasteiger partial charge in [-0.1, -0.05) is 11.6 Å². The van der Waals surface area contributed by atoms with Crippen LogP contribution in [-0.2, 0) is 6.54 Å². The highest BCUT2D eigenvalue weighted by molar-refractivity contribution is 9.10. The average Bonchev–Trinajstić information content (AvgIpc) is 2.32. The number of nitrogens with zero attached hydrogens (tertiary/aromatic N) is 2. The topological polar surface area (TPSA) is 61.0 Å². The first-order valence-electron chi connectivity index (χ1n) is 5.26. The van der Waals surface area contributed by atoms with Crippen molar-refractivity contribution in [3.63, 3.8) is 0 Å². The summed E-state index contributed by atoms with van der Waals surface area (Å²) < 4.78 is 6.35. The van der Waals surface area contributed by atoms with Crippen molar-refractivity contribution in [1.29, 1.82) is 0 Å². The Labute approximate surface area is 118 Å². The molecular formula is C12H11BrClN3O. The molecule has 0 saturated heterocycles. The minimum atomic E-state index is 0.276. The molecule has 0 fully saturated rings. The van der Waals surface area contributed by atoms with Crippen LogP contribution in [0.3, 0.4) is 0 Å². The van der Waals surface area contributed by atoms with Gasteiger partial charge in [-0.15, -0.1) is 0 Å². The number of aromatic nitrogens is 2. The van der Waals surface area contributed by atoms with E-state index in [0.717, 1.165) is 15.9 Å². The van der Waals surface area contributed by atoms with Crippen LogP contribution in [0.25, 0.3) is 0 Å². The van der Waals surface area contributed by atoms with Gasteiger partial charge in [-0.05, 0) is 47.1 Å². The summed E-state index contributed by atoms with van der Waals surface area (Å²) in [6.45, 7) is 2.21. The van der Waals surface area contributed by atoms with E-state index < -0.39 is 0 Å². The Morgan fingerprint density at radius 2 is 2.11 bits per heavy atom. The molecular weight excluding hydrogens is 318 g/mol. The third kappa shape index (κ3) is 3.19. The molecule has 0 amide bonds. The zero-order valence-corrected chi connectivity index (χ0v) is 12.0. The fourth-order valence-electron chi connectivity index (χ4n) is 1.41. The molecule has 2 rings (SSSR count). The molecule has 0 saturated carbocycles. The van der Waals surface area contributed by atoms with Gasteiger partial charge in [0.05, 0.1) is 10.2 Å². The molecule has 0 aliphatic heterocycles. The lowest BCUT2D eigenvalue weighted by atomic mass is 10.3. The average molecular weight is 329 g/mol. The minimum absolute atomic E-state index is 0.276. The van der Waals surface area contributed by atoms with Crippen molar-refractivity contribution >= 4 is 27.5 Å². The predicted molar refractivity (Wildman–Crippen MR) is 73.9 cm³/mol. The van der Waals surface area contributed by atoms with Crippen molar-refractivity contribution in [2.75, 3.05) is 0 Å². The summed E-state index contributed by atoms with van der Waals surface area (Å²) in [5.41, 5.74) is 7.11. The SMILES string of the molecule is Cc1cc(CN)nc(Oc2ccc(Cl)cc2Br)n1. The van der Waals surface area contributed by atoms with Crippen LogP contribution in [0.2, 0.25) is 5.02 Å². The molecule has 0 bridgehead atoms. The molecule has 6 heteroatoms. The molecule has 2 N–H and O–H groups in total. The second-order valence-corrected chi connectivity index (χ2v) is 4.95. The summed E-state index contributed by atoms with van der Waals surface area (Å²) in [7, 11) is 0. The van der Waals surface area contributed by atoms with E-state index in [1.165, 1.54) is 0 Å². The molecule has 0 atom stereocenters. The Morgan fingerprint density at radius 3 is 2.78 bits per heavy atom. The minimum Gasteiger partial charge on any atom is -0.423 e. The van der Waals surface area contributed by atoms with Crippen molar-refractivity contribution < 1.29 is 4.74 Å². The van der Waals surface area contributed by atoms with E-state index in [4.69, 9.17) is 22.1 Å². The number of aryl methyl sites for hydroxylation is 1. The Hall–Kier alpha value is -1.17. The van der Waals surface area contributed by atoms with Crippen LogP contribution >= 0.6 is 27.5 Å². The fraction of sp³-hybridized carbons (Fsp3) is 0.167. The summed E-state index contributed by atoms with van der Waals surface area (Å²) in [5.74, 6) is 0.605. The fourth-order valence-corrected chi connectivity index (χ4v) is 2.17. The van der Waals surface area contributed by atoms with Crippen LogP contribution in [0.5, 0.6) is 11.8 Å². The number of nitrogens with two attached hydrogens (primary N) is 1. The Bertz CT molecular complexity index is 577. The summed E-state index contributed by atoms with van der Waals surface area (Å²) in [4.78, 5) is 8.40. The van der Waals surface area contributed by atoms with E-state index in [2.05, 4.69) is 25.9 Å². The first-order valence-corrected chi connectivity index (χ1v) is 6.43. The first kappa shape index (κ1) is 13.3. The van der Waals surface area contributed by atoms with Gasteiger partial charge in [-0.2, -0.15) is 4.98 Å². The van der Waals surface area contributed by atoms with Crippen molar-refractivity contribution in [2.45, 2.75) is 13.5 Å². The Morgan fingerprint density at radius 1 is 1.33 bits per heavy atom. The van der Waals surface area contributed by atoms with Gasteiger partial charge in [0, 0.05) is 17.3 Å². The number of benzene rings is 1. The highest BCUT2D eigenvalue weighted by atomic mass is 79.9. The molecule has 2 aromatic rings. The summed E-state index contributed by atoms with van der Waals surface area (Å²) in [6.07, 6.45) is 0. The molecule has 0 spiro atoms. The predicted octanol–water partition coefficient (Wildman–Crippen LogP) is 3.45. The van der Waals surface area contributed by atoms with Gasteiger partial charge in [0.1, 0.15) is 5.75 Å². The van der Waals surface area contributed by atoms with Gasteiger partial charge in [-0.3, -0.25) is 0 Å². The molecule has 1 aromatic carbocycles. The largest absolute Gasteiger partial charge is 0.423 e. The maximum Gasteiger partial charge on any atom is 0.322 e. The molecule has 94 valence electrons. The normalized spacial score (nSPS) is 10.4. The molecule has 0 aliphatic carbocycles. The highest BCUT2D eigenvalue weighted by Crippen LogP contribution is 2.30. The van der Waals surface area contributed by atoms with Crippen LogP contribution in [0, 0.1) is 6.92 Å². The molecule has 1 heterocycles. The van der Waals surface area contributed by atoms with E-state index in [9.17, 15) is 0 Å². The van der Waals surface area contributed by atoms with Crippen molar-refractivity contribution in [1.82, 2.24) is 9.97 Å². The molecule has 0 radical (unpaired) electrons. The van der Waals surface area contributed by atoms with Gasteiger partial charge in [-0.25, -0.2) is 4.98 Å². The molecule has 1 aromatic heterocycles. The van der Waals surface area contributed by atoms with Crippen LogP contribution < -0.4 is 10.5 Å². The number of hydrogen-bond acceptors (Lipinski definition) is 4. The lowest BCUT2D eigenvalue weighted by molar-refractivity contribution is 0.435. The lowest BCUT2D eigenvalue weighted by Gasteiger charge is -2.08. The van der Waals surface area contributed by atoms with E-state index >= 15 is 0 Å². The third-order valence-corrected chi connectivity index (χ3v) is 3.05. The molecule has 4 nitrogen and oxygen atoms in total. The van der Waals surface area contributed by atoms with Crippen LogP contribution in [0.15, 0.2) is 28.7 Å². The zero-order valence-electron chi connectivity index (χ0n) is 9.65. The first-order chi connectivity index (χ1) is 8.58. The van der Waals surface area contributed by atoms with Gasteiger partial charge in [0.2, 0.25) is 0 Å². The quantitative estimate of drug-likeness (QED) is 0.937. The van der Waals surface area contributed by atoms with Crippen LogP contribution in [-0.4, -0.2) is 9.97 Å². The maximum absolute atomic E-state index is 5.86. The number of halogens is 2. The maximum atomic E-state index is 5.86. The van der Waals surface area contributed by atoms with Gasteiger partial charge >= 0.3 is 6.01 Å². The van der Waals surface area contributed by atoms with Crippen molar-refractivity contribution in [3.8, 4) is 11.8 Å². The number of ether oxygens (including phenoxy) is 1. The highest BCUT2D eigenvalue weighted by Gasteiger charge is 2.07. The molecule has 0 unspecified atom stereocenters. The lowest BCUT2D eigenvalue weighted by Crippen LogP contribution is -2.03. The van der Waals surface area contributed by atoms with E-state index in [1.807, 2.05) is 13.0 Å².